The fourth-order valence-corrected chi connectivity index (χ4v) is 8.22. The third-order valence-electron chi connectivity index (χ3n) is 9.09. The molecule has 0 bridgehead atoms. The van der Waals surface area contributed by atoms with Gasteiger partial charge in [0.15, 0.2) is 11.7 Å². The molecule has 1 saturated carbocycles. The van der Waals surface area contributed by atoms with Crippen LogP contribution in [0.15, 0.2) is 44.9 Å². The van der Waals surface area contributed by atoms with E-state index in [0.29, 0.717) is 16.3 Å². The molecule has 278 valence electrons. The van der Waals surface area contributed by atoms with Gasteiger partial charge in [0.25, 0.3) is 11.8 Å². The number of hydrogen-bond donors (Lipinski definition) is 4. The van der Waals surface area contributed by atoms with Crippen LogP contribution in [-0.2, 0) is 30.6 Å². The van der Waals surface area contributed by atoms with E-state index < -0.39 is 64.7 Å². The molecule has 0 spiro atoms. The monoisotopic (exact) mass is 770 g/mol. The minimum absolute atomic E-state index is 0.0139. The van der Waals surface area contributed by atoms with Crippen LogP contribution in [0.1, 0.15) is 34.9 Å². The quantitative estimate of drug-likeness (QED) is 0.123. The number of rotatable bonds is 11. The lowest BCUT2D eigenvalue weighted by molar-refractivity contribution is -0.150. The fourth-order valence-electron chi connectivity index (χ4n) is 6.34. The Hall–Kier alpha value is -5.70. The summed E-state index contributed by atoms with van der Waals surface area (Å²) in [5.41, 5.74) is 5.41. The number of carboxylic acid groups (broad SMARTS) is 2. The number of benzene rings is 1. The van der Waals surface area contributed by atoms with Crippen molar-refractivity contribution in [3.05, 3.63) is 62.3 Å². The van der Waals surface area contributed by atoms with Gasteiger partial charge in [-0.15, -0.1) is 23.1 Å². The van der Waals surface area contributed by atoms with Gasteiger partial charge in [0.2, 0.25) is 5.43 Å². The summed E-state index contributed by atoms with van der Waals surface area (Å²) in [6, 6.07) is 1.60. The van der Waals surface area contributed by atoms with Crippen molar-refractivity contribution in [1.29, 1.82) is 0 Å². The van der Waals surface area contributed by atoms with E-state index in [0.717, 1.165) is 30.0 Å². The van der Waals surface area contributed by atoms with Crippen LogP contribution in [0.25, 0.3) is 10.9 Å². The van der Waals surface area contributed by atoms with Crippen LogP contribution in [0, 0.1) is 5.82 Å². The van der Waals surface area contributed by atoms with Gasteiger partial charge >= 0.3 is 18.0 Å². The zero-order chi connectivity index (χ0) is 37.6. The molecule has 2 aromatic heterocycles. The number of ether oxygens (including phenoxy) is 1. The molecule has 3 aliphatic heterocycles. The molecular formula is C32H31FN8O10S2. The van der Waals surface area contributed by atoms with Crippen LogP contribution in [-0.4, -0.2) is 116 Å². The number of oxime groups is 1. The van der Waals surface area contributed by atoms with Crippen molar-refractivity contribution in [2.45, 2.75) is 36.9 Å². The van der Waals surface area contributed by atoms with Crippen molar-refractivity contribution < 1.29 is 48.2 Å². The summed E-state index contributed by atoms with van der Waals surface area (Å²) in [6.07, 6.45) is 3.04. The van der Waals surface area contributed by atoms with Gasteiger partial charge in [-0.25, -0.2) is 23.8 Å². The summed E-state index contributed by atoms with van der Waals surface area (Å²) in [5.74, 6) is -4.74. The number of thioether (sulfide) groups is 1. The SMILES string of the molecule is Nc1nc(CON=CC(=O)NC2C(=O)N3C(C(=O)O)=C(COC(=O)N4CCN(c5cc6c(cc5F)c(=O)c(C(=O)O)cn6C5CC5)CC4)CSC23)cs1. The minimum Gasteiger partial charge on any atom is -0.477 e. The fraction of sp³-hybridized carbons (Fsp3) is 0.375. The number of carbonyl (C=O) groups is 5. The van der Waals surface area contributed by atoms with Crippen molar-refractivity contribution in [1.82, 2.24) is 24.7 Å². The number of nitrogen functional groups attached to an aromatic ring is 1. The number of piperazine rings is 1. The molecule has 21 heteroatoms. The molecule has 1 aliphatic carbocycles. The second-order valence-corrected chi connectivity index (χ2v) is 14.5. The van der Waals surface area contributed by atoms with Gasteiger partial charge < -0.3 is 45.2 Å². The van der Waals surface area contributed by atoms with Crippen molar-refractivity contribution >= 4 is 80.9 Å². The molecule has 2 saturated heterocycles. The first kappa shape index (κ1) is 35.7. The first-order valence-electron chi connectivity index (χ1n) is 16.2. The van der Waals surface area contributed by atoms with Crippen molar-refractivity contribution in [3.63, 3.8) is 0 Å². The Morgan fingerprint density at radius 3 is 2.51 bits per heavy atom. The van der Waals surface area contributed by atoms with E-state index in [4.69, 9.17) is 15.3 Å². The van der Waals surface area contributed by atoms with Gasteiger partial charge in [-0.1, -0.05) is 5.16 Å². The van der Waals surface area contributed by atoms with Gasteiger partial charge in [-0.05, 0) is 25.0 Å². The largest absolute Gasteiger partial charge is 0.477 e. The van der Waals surface area contributed by atoms with E-state index in [1.54, 1.807) is 14.8 Å². The molecule has 2 atom stereocenters. The lowest BCUT2D eigenvalue weighted by Gasteiger charge is -2.49. The number of nitrogens with zero attached hydrogens (tertiary/aromatic N) is 6. The second kappa shape index (κ2) is 14.4. The van der Waals surface area contributed by atoms with Crippen LogP contribution in [0.2, 0.25) is 0 Å². The number of aliphatic carboxylic acids is 1. The number of carboxylic acids is 2. The average molecular weight is 771 g/mol. The average Bonchev–Trinajstić information content (AvgIpc) is 3.90. The molecule has 1 aromatic carbocycles. The molecule has 5 N–H and O–H groups in total. The Morgan fingerprint density at radius 2 is 1.85 bits per heavy atom. The van der Waals surface area contributed by atoms with Crippen molar-refractivity contribution in [2.24, 2.45) is 5.16 Å². The molecule has 5 heterocycles. The van der Waals surface area contributed by atoms with Crippen molar-refractivity contribution in [2.75, 3.05) is 49.2 Å². The standard InChI is InChI=1S/C32H31FN8O10S2/c33-20-7-18-21(40(17-1-2-17)10-19(26(18)43)29(45)46)8-22(20)38-3-5-39(6-4-38)32(49)50-11-15-13-52-28-24(27(44)41(28)25(15)30(47)48)37-23(42)9-35-51-12-16-14-53-31(34)36-16/h7-10,14,17,24,28H,1-6,11-13H2,(H2,34,36)(H,37,42)(H,45,46)(H,47,48). The lowest BCUT2D eigenvalue weighted by Crippen LogP contribution is -2.70. The number of β-lactam (4-membered cyclic amide) rings is 1. The number of fused-ring (bicyclic) bond motifs is 2. The number of halogens is 1. The zero-order valence-corrected chi connectivity index (χ0v) is 29.2. The number of thiazole rings is 1. The summed E-state index contributed by atoms with van der Waals surface area (Å²) in [4.78, 5) is 88.2. The number of carbonyl (C=O) groups excluding carboxylic acids is 3. The molecule has 3 amide bonds. The summed E-state index contributed by atoms with van der Waals surface area (Å²) in [5, 5.41) is 26.8. The van der Waals surface area contributed by atoms with Gasteiger partial charge in [0.1, 0.15) is 41.3 Å². The Labute approximate surface area is 306 Å². The maximum Gasteiger partial charge on any atom is 0.410 e. The maximum atomic E-state index is 15.4. The highest BCUT2D eigenvalue weighted by atomic mass is 32.2. The highest BCUT2D eigenvalue weighted by Crippen LogP contribution is 2.41. The van der Waals surface area contributed by atoms with Gasteiger partial charge in [0.05, 0.1) is 16.9 Å². The molecule has 3 fully saturated rings. The van der Waals surface area contributed by atoms with Crippen LogP contribution >= 0.6 is 23.1 Å². The Balaban J connectivity index is 0.942. The van der Waals surface area contributed by atoms with Crippen LogP contribution in [0.4, 0.5) is 20.0 Å². The second-order valence-electron chi connectivity index (χ2n) is 12.5. The molecule has 18 nitrogen and oxygen atoms in total. The van der Waals surface area contributed by atoms with E-state index in [2.05, 4.69) is 15.5 Å². The predicted molar refractivity (Wildman–Crippen MR) is 188 cm³/mol. The van der Waals surface area contributed by atoms with Gasteiger partial charge in [0, 0.05) is 60.5 Å². The topological polar surface area (TPSA) is 239 Å². The molecule has 7 rings (SSSR count). The Bertz CT molecular complexity index is 2160. The number of aromatic nitrogens is 2. The lowest BCUT2D eigenvalue weighted by atomic mass is 10.0. The summed E-state index contributed by atoms with van der Waals surface area (Å²) in [6.45, 7) is 0.305. The molecule has 2 unspecified atom stereocenters. The molecule has 3 aromatic rings. The molecule has 0 radical (unpaired) electrons. The molecular weight excluding hydrogens is 740 g/mol. The number of hydrogen-bond acceptors (Lipinski definition) is 14. The number of anilines is 2. The van der Waals surface area contributed by atoms with Crippen LogP contribution in [0.5, 0.6) is 0 Å². The summed E-state index contributed by atoms with van der Waals surface area (Å²) in [7, 11) is 0. The Morgan fingerprint density at radius 1 is 1.09 bits per heavy atom. The first-order valence-corrected chi connectivity index (χ1v) is 18.2. The summed E-state index contributed by atoms with van der Waals surface area (Å²) >= 11 is 2.42. The van der Waals surface area contributed by atoms with Gasteiger partial charge in [-0.2, -0.15) is 0 Å². The molecule has 53 heavy (non-hydrogen) atoms. The normalized spacial score (nSPS) is 20.0. The highest BCUT2D eigenvalue weighted by Gasteiger charge is 2.54. The predicted octanol–water partition coefficient (Wildman–Crippen LogP) is 1.41. The number of aromatic carboxylic acids is 1. The number of nitrogens with two attached hydrogens (primary N) is 1. The van der Waals surface area contributed by atoms with Crippen LogP contribution < -0.4 is 21.4 Å². The molecule has 4 aliphatic rings. The number of nitrogens with one attached hydrogen (secondary N) is 1. The highest BCUT2D eigenvalue weighted by molar-refractivity contribution is 8.00. The van der Waals surface area contributed by atoms with E-state index in [9.17, 15) is 39.0 Å². The Kier molecular flexibility index (Phi) is 9.68. The van der Waals surface area contributed by atoms with E-state index in [-0.39, 0.29) is 66.9 Å². The van der Waals surface area contributed by atoms with Crippen molar-refractivity contribution in [3.8, 4) is 0 Å². The third kappa shape index (κ3) is 7.08. The third-order valence-corrected chi connectivity index (χ3v) is 11.2. The zero-order valence-electron chi connectivity index (χ0n) is 27.6. The first-order chi connectivity index (χ1) is 25.4. The van der Waals surface area contributed by atoms with E-state index in [1.807, 2.05) is 0 Å². The summed E-state index contributed by atoms with van der Waals surface area (Å²) < 4.78 is 22.6. The maximum absolute atomic E-state index is 15.4. The minimum atomic E-state index is -1.39. The smallest absolute Gasteiger partial charge is 0.410 e. The van der Waals surface area contributed by atoms with E-state index in [1.165, 1.54) is 40.3 Å². The number of pyridine rings is 1. The van der Waals surface area contributed by atoms with Crippen LogP contribution in [0.3, 0.4) is 0 Å². The van der Waals surface area contributed by atoms with E-state index >= 15 is 4.39 Å². The van der Waals surface area contributed by atoms with Gasteiger partial charge in [-0.3, -0.25) is 19.3 Å². The number of amides is 3.